The molecule has 0 aliphatic heterocycles. The van der Waals surface area contributed by atoms with Crippen LogP contribution in [0.1, 0.15) is 28.6 Å². The Labute approximate surface area is 228 Å². The number of benzene rings is 3. The summed E-state index contributed by atoms with van der Waals surface area (Å²) in [5, 5.41) is 13.0. The second-order valence-corrected chi connectivity index (χ2v) is 9.64. The third-order valence-electron chi connectivity index (χ3n) is 6.32. The summed E-state index contributed by atoms with van der Waals surface area (Å²) in [6, 6.07) is 22.9. The third-order valence-corrected chi connectivity index (χ3v) is 6.87. The van der Waals surface area contributed by atoms with E-state index in [2.05, 4.69) is 5.32 Å². The molecule has 5 rings (SSSR count). The van der Waals surface area contributed by atoms with Crippen LogP contribution in [0.2, 0.25) is 10.0 Å². The van der Waals surface area contributed by atoms with Gasteiger partial charge in [0.2, 0.25) is 0 Å². The lowest BCUT2D eigenvalue weighted by Crippen LogP contribution is -2.42. The number of hydrogen-bond donors (Lipinski definition) is 2. The first-order valence-electron chi connectivity index (χ1n) is 11.9. The van der Waals surface area contributed by atoms with Crippen LogP contribution in [0, 0.1) is 0 Å². The molecular weight excluding hydrogens is 529 g/mol. The molecule has 0 saturated heterocycles. The molecule has 7 nitrogen and oxygen atoms in total. The molecule has 9 heteroatoms. The van der Waals surface area contributed by atoms with E-state index in [-0.39, 0.29) is 25.6 Å². The highest BCUT2D eigenvalue weighted by Gasteiger charge is 2.30. The van der Waals surface area contributed by atoms with Gasteiger partial charge in [0.1, 0.15) is 36.5 Å². The van der Waals surface area contributed by atoms with Crippen molar-refractivity contribution in [2.45, 2.75) is 25.0 Å². The number of furan rings is 1. The second-order valence-electron chi connectivity index (χ2n) is 8.80. The minimum Gasteiger partial charge on any atom is -0.484 e. The van der Waals surface area contributed by atoms with Crippen LogP contribution in [0.4, 0.5) is 4.79 Å². The molecule has 1 aliphatic rings. The van der Waals surface area contributed by atoms with Gasteiger partial charge in [0, 0.05) is 23.4 Å². The summed E-state index contributed by atoms with van der Waals surface area (Å²) in [5.41, 5.74) is 4.35. The maximum atomic E-state index is 12.6. The van der Waals surface area contributed by atoms with Crippen molar-refractivity contribution < 1.29 is 28.6 Å². The van der Waals surface area contributed by atoms with Gasteiger partial charge in [-0.2, -0.15) is 0 Å². The molecule has 0 radical (unpaired) electrons. The molecule has 4 aromatic rings. The standard InChI is InChI=1S/C29H23Cl2NO6/c30-17-9-12-25(31)27(13-17)36-15-19-11-10-18(38-19)14-26(28(33)34)32-29(35)37-16-24-22-7-3-1-5-20(22)21-6-2-4-8-23(21)24/h1-13,24,26H,14-16H2,(H,32,35)(H,33,34). The van der Waals surface area contributed by atoms with Crippen molar-refractivity contribution >= 4 is 35.3 Å². The molecule has 0 saturated carbocycles. The number of rotatable bonds is 9. The van der Waals surface area contributed by atoms with E-state index in [0.29, 0.717) is 27.3 Å². The van der Waals surface area contributed by atoms with Crippen molar-refractivity contribution in [2.75, 3.05) is 6.61 Å². The van der Waals surface area contributed by atoms with E-state index >= 15 is 0 Å². The molecule has 1 amide bonds. The van der Waals surface area contributed by atoms with E-state index in [1.807, 2.05) is 48.5 Å². The topological polar surface area (TPSA) is 98.0 Å². The number of carboxylic acids is 1. The zero-order valence-electron chi connectivity index (χ0n) is 20.0. The molecule has 2 N–H and O–H groups in total. The Morgan fingerprint density at radius 3 is 2.26 bits per heavy atom. The van der Waals surface area contributed by atoms with Crippen LogP contribution >= 0.6 is 23.2 Å². The first-order valence-corrected chi connectivity index (χ1v) is 12.6. The largest absolute Gasteiger partial charge is 0.484 e. The Morgan fingerprint density at radius 2 is 1.58 bits per heavy atom. The van der Waals surface area contributed by atoms with Crippen LogP contribution < -0.4 is 10.1 Å². The van der Waals surface area contributed by atoms with E-state index < -0.39 is 18.1 Å². The van der Waals surface area contributed by atoms with Gasteiger partial charge in [-0.25, -0.2) is 9.59 Å². The number of nitrogens with one attached hydrogen (secondary N) is 1. The molecule has 38 heavy (non-hydrogen) atoms. The summed E-state index contributed by atoms with van der Waals surface area (Å²) in [6.45, 7) is 0.151. The van der Waals surface area contributed by atoms with Gasteiger partial charge in [0.25, 0.3) is 0 Å². The Hall–Kier alpha value is -3.94. The van der Waals surface area contributed by atoms with Gasteiger partial charge < -0.3 is 24.3 Å². The molecule has 1 heterocycles. The van der Waals surface area contributed by atoms with Crippen LogP contribution in [-0.2, 0) is 22.6 Å². The molecule has 3 aromatic carbocycles. The van der Waals surface area contributed by atoms with Crippen molar-refractivity contribution in [3.05, 3.63) is 112 Å². The Morgan fingerprint density at radius 1 is 0.921 bits per heavy atom. The van der Waals surface area contributed by atoms with Gasteiger partial charge >= 0.3 is 12.1 Å². The second kappa shape index (κ2) is 11.2. The van der Waals surface area contributed by atoms with E-state index in [1.54, 1.807) is 30.3 Å². The summed E-state index contributed by atoms with van der Waals surface area (Å²) in [6.07, 6.45) is -0.887. The molecule has 1 atom stereocenters. The molecule has 1 unspecified atom stereocenters. The van der Waals surface area contributed by atoms with Crippen LogP contribution in [-0.4, -0.2) is 29.8 Å². The van der Waals surface area contributed by atoms with Crippen LogP contribution in [0.3, 0.4) is 0 Å². The molecule has 0 spiro atoms. The summed E-state index contributed by atoms with van der Waals surface area (Å²) < 4.78 is 16.8. The smallest absolute Gasteiger partial charge is 0.407 e. The van der Waals surface area contributed by atoms with Crippen molar-refractivity contribution in [2.24, 2.45) is 0 Å². The summed E-state index contributed by atoms with van der Waals surface area (Å²) in [7, 11) is 0. The number of fused-ring (bicyclic) bond motifs is 3. The number of ether oxygens (including phenoxy) is 2. The number of hydrogen-bond acceptors (Lipinski definition) is 5. The predicted molar refractivity (Wildman–Crippen MR) is 143 cm³/mol. The molecule has 0 bridgehead atoms. The van der Waals surface area contributed by atoms with E-state index in [0.717, 1.165) is 22.3 Å². The van der Waals surface area contributed by atoms with Gasteiger partial charge in [0.15, 0.2) is 0 Å². The minimum absolute atomic E-state index is 0.0671. The fourth-order valence-corrected chi connectivity index (χ4v) is 4.86. The number of aliphatic carboxylic acids is 1. The lowest BCUT2D eigenvalue weighted by Gasteiger charge is -2.17. The van der Waals surface area contributed by atoms with Crippen molar-refractivity contribution in [1.82, 2.24) is 5.32 Å². The molecule has 194 valence electrons. The van der Waals surface area contributed by atoms with E-state index in [9.17, 15) is 14.7 Å². The lowest BCUT2D eigenvalue weighted by molar-refractivity contribution is -0.139. The van der Waals surface area contributed by atoms with Crippen molar-refractivity contribution in [3.8, 4) is 16.9 Å². The average Bonchev–Trinajstić information content (AvgIpc) is 3.49. The molecule has 1 aliphatic carbocycles. The van der Waals surface area contributed by atoms with E-state index in [1.165, 1.54) is 0 Å². The molecule has 0 fully saturated rings. The van der Waals surface area contributed by atoms with Gasteiger partial charge in [-0.3, -0.25) is 0 Å². The Balaban J connectivity index is 1.18. The number of halogens is 2. The predicted octanol–water partition coefficient (Wildman–Crippen LogP) is 6.70. The zero-order chi connectivity index (χ0) is 26.6. The number of carbonyl (C=O) groups is 2. The normalized spacial score (nSPS) is 12.9. The Bertz CT molecular complexity index is 1440. The average molecular weight is 552 g/mol. The summed E-state index contributed by atoms with van der Waals surface area (Å²) in [4.78, 5) is 24.4. The highest BCUT2D eigenvalue weighted by Crippen LogP contribution is 2.44. The lowest BCUT2D eigenvalue weighted by atomic mass is 9.98. The monoisotopic (exact) mass is 551 g/mol. The molecular formula is C29H23Cl2NO6. The van der Waals surface area contributed by atoms with Gasteiger partial charge in [-0.1, -0.05) is 71.7 Å². The van der Waals surface area contributed by atoms with Crippen LogP contribution in [0.15, 0.2) is 83.3 Å². The minimum atomic E-state index is -1.24. The number of alkyl carbamates (subject to hydrolysis) is 1. The highest BCUT2D eigenvalue weighted by atomic mass is 35.5. The summed E-state index contributed by atoms with van der Waals surface area (Å²) >= 11 is 12.1. The van der Waals surface area contributed by atoms with Gasteiger partial charge in [0.05, 0.1) is 5.02 Å². The van der Waals surface area contributed by atoms with Crippen LogP contribution in [0.25, 0.3) is 11.1 Å². The SMILES string of the molecule is O=C(NC(Cc1ccc(COc2cc(Cl)ccc2Cl)o1)C(=O)O)OCC1c2ccccc2-c2ccccc21. The number of carboxylic acid groups (broad SMARTS) is 1. The van der Waals surface area contributed by atoms with Gasteiger partial charge in [-0.15, -0.1) is 0 Å². The first-order chi connectivity index (χ1) is 18.4. The fraction of sp³-hybridized carbons (Fsp3) is 0.172. The fourth-order valence-electron chi connectivity index (χ4n) is 4.53. The third kappa shape index (κ3) is 5.64. The zero-order valence-corrected chi connectivity index (χ0v) is 21.5. The molecule has 1 aromatic heterocycles. The van der Waals surface area contributed by atoms with E-state index in [4.69, 9.17) is 37.1 Å². The first kappa shape index (κ1) is 25.7. The maximum Gasteiger partial charge on any atom is 0.407 e. The maximum absolute atomic E-state index is 12.6. The Kier molecular flexibility index (Phi) is 7.58. The van der Waals surface area contributed by atoms with Crippen molar-refractivity contribution in [1.29, 1.82) is 0 Å². The van der Waals surface area contributed by atoms with Crippen molar-refractivity contribution in [3.63, 3.8) is 0 Å². The summed E-state index contributed by atoms with van der Waals surface area (Å²) in [5.74, 6) is -0.110. The number of carbonyl (C=O) groups excluding carboxylic acids is 1. The van der Waals surface area contributed by atoms with Crippen LogP contribution in [0.5, 0.6) is 5.75 Å². The quantitative estimate of drug-likeness (QED) is 0.240. The van der Waals surface area contributed by atoms with Gasteiger partial charge in [-0.05, 0) is 46.5 Å². The number of amides is 1. The highest BCUT2D eigenvalue weighted by molar-refractivity contribution is 6.34.